The molecular weight excluding hydrogens is 232 g/mol. The lowest BCUT2D eigenvalue weighted by Crippen LogP contribution is -2.44. The molecule has 0 aromatic carbocycles. The van der Waals surface area contributed by atoms with E-state index in [1.807, 2.05) is 4.90 Å². The second kappa shape index (κ2) is 6.05. The number of hydrogen-bond acceptors (Lipinski definition) is 2. The van der Waals surface area contributed by atoms with Crippen LogP contribution in [0.25, 0.3) is 0 Å². The molecule has 0 bridgehead atoms. The quantitative estimate of drug-likeness (QED) is 0.881. The summed E-state index contributed by atoms with van der Waals surface area (Å²) in [6.07, 6.45) is 3.20. The Morgan fingerprint density at radius 2 is 2.29 bits per heavy atom. The Bertz CT molecular complexity index is 342. The summed E-state index contributed by atoms with van der Waals surface area (Å²) in [5.41, 5.74) is 1.31. The maximum Gasteiger partial charge on any atom is 0.317 e. The summed E-state index contributed by atoms with van der Waals surface area (Å²) in [6, 6.07) is 2.21. The van der Waals surface area contributed by atoms with Crippen molar-refractivity contribution in [3.63, 3.8) is 0 Å². The van der Waals surface area contributed by atoms with Gasteiger partial charge < -0.3 is 10.2 Å². The largest absolute Gasteiger partial charge is 0.338 e. The van der Waals surface area contributed by atoms with E-state index in [0.717, 1.165) is 44.8 Å². The van der Waals surface area contributed by atoms with E-state index in [0.29, 0.717) is 0 Å². The zero-order chi connectivity index (χ0) is 12.1. The van der Waals surface area contributed by atoms with Crippen molar-refractivity contribution in [2.24, 2.45) is 5.92 Å². The van der Waals surface area contributed by atoms with E-state index in [2.05, 4.69) is 29.1 Å². The van der Waals surface area contributed by atoms with Gasteiger partial charge in [0.2, 0.25) is 0 Å². The summed E-state index contributed by atoms with van der Waals surface area (Å²) >= 11 is 1.70. The van der Waals surface area contributed by atoms with Crippen LogP contribution in [0.15, 0.2) is 16.8 Å². The summed E-state index contributed by atoms with van der Waals surface area (Å²) in [6.45, 7) is 4.81. The molecule has 1 aromatic rings. The third-order valence-electron chi connectivity index (χ3n) is 3.34. The molecule has 2 rings (SSSR count). The predicted octanol–water partition coefficient (Wildman–Crippen LogP) is 2.73. The van der Waals surface area contributed by atoms with Gasteiger partial charge in [0.1, 0.15) is 0 Å². The molecule has 3 nitrogen and oxygen atoms in total. The molecule has 0 spiro atoms. The van der Waals surface area contributed by atoms with E-state index in [1.54, 1.807) is 11.3 Å². The molecular formula is C13H20N2OS. The van der Waals surface area contributed by atoms with Crippen molar-refractivity contribution in [2.75, 3.05) is 19.6 Å². The van der Waals surface area contributed by atoms with Crippen LogP contribution in [0.4, 0.5) is 4.79 Å². The first-order valence-electron chi connectivity index (χ1n) is 6.29. The smallest absolute Gasteiger partial charge is 0.317 e. The zero-order valence-corrected chi connectivity index (χ0v) is 11.1. The molecule has 17 heavy (non-hydrogen) atoms. The second-order valence-corrected chi connectivity index (χ2v) is 5.56. The number of carbonyl (C=O) groups excluding carboxylic acids is 1. The molecule has 94 valence electrons. The number of rotatable bonds is 3. The minimum Gasteiger partial charge on any atom is -0.338 e. The first kappa shape index (κ1) is 12.4. The van der Waals surface area contributed by atoms with E-state index >= 15 is 0 Å². The molecule has 1 aliphatic rings. The van der Waals surface area contributed by atoms with Gasteiger partial charge in [0.25, 0.3) is 0 Å². The van der Waals surface area contributed by atoms with E-state index in [4.69, 9.17) is 0 Å². The van der Waals surface area contributed by atoms with Gasteiger partial charge in [-0.05, 0) is 47.6 Å². The lowest BCUT2D eigenvalue weighted by atomic mass is 10.00. The summed E-state index contributed by atoms with van der Waals surface area (Å²) in [5.74, 6) is 0.768. The number of nitrogens with one attached hydrogen (secondary N) is 1. The monoisotopic (exact) mass is 252 g/mol. The van der Waals surface area contributed by atoms with Crippen molar-refractivity contribution < 1.29 is 4.79 Å². The van der Waals surface area contributed by atoms with Gasteiger partial charge in [0.05, 0.1) is 0 Å². The molecule has 4 heteroatoms. The number of urea groups is 1. The number of likely N-dealkylation sites (tertiary alicyclic amines) is 1. The number of hydrogen-bond donors (Lipinski definition) is 1. The molecule has 0 atom stereocenters. The Labute approximate surface area is 107 Å². The van der Waals surface area contributed by atoms with Crippen molar-refractivity contribution in [3.05, 3.63) is 22.4 Å². The molecule has 0 aliphatic carbocycles. The fourth-order valence-corrected chi connectivity index (χ4v) is 2.78. The highest BCUT2D eigenvalue weighted by atomic mass is 32.1. The molecule has 1 aromatic heterocycles. The summed E-state index contributed by atoms with van der Waals surface area (Å²) < 4.78 is 0. The Kier molecular flexibility index (Phi) is 4.42. The maximum absolute atomic E-state index is 11.9. The Hall–Kier alpha value is -1.03. The minimum atomic E-state index is 0.104. The number of piperidine rings is 1. The normalized spacial score (nSPS) is 17.1. The average molecular weight is 252 g/mol. The van der Waals surface area contributed by atoms with Crippen LogP contribution in [-0.4, -0.2) is 30.6 Å². The zero-order valence-electron chi connectivity index (χ0n) is 10.3. The van der Waals surface area contributed by atoms with Crippen LogP contribution in [0, 0.1) is 5.92 Å². The predicted molar refractivity (Wildman–Crippen MR) is 71.4 cm³/mol. The Morgan fingerprint density at radius 3 is 2.94 bits per heavy atom. The first-order valence-corrected chi connectivity index (χ1v) is 7.24. The van der Waals surface area contributed by atoms with Crippen LogP contribution in [-0.2, 0) is 6.42 Å². The fraction of sp³-hybridized carbons (Fsp3) is 0.615. The van der Waals surface area contributed by atoms with Crippen molar-refractivity contribution in [1.82, 2.24) is 10.2 Å². The van der Waals surface area contributed by atoms with Crippen LogP contribution >= 0.6 is 11.3 Å². The molecule has 1 N–H and O–H groups in total. The van der Waals surface area contributed by atoms with Crippen LogP contribution in [0.1, 0.15) is 25.3 Å². The number of thiophene rings is 1. The van der Waals surface area contributed by atoms with Gasteiger partial charge in [0, 0.05) is 19.6 Å². The fourth-order valence-electron chi connectivity index (χ4n) is 2.07. The van der Waals surface area contributed by atoms with E-state index in [1.165, 1.54) is 5.56 Å². The average Bonchev–Trinajstić information content (AvgIpc) is 2.83. The molecule has 1 fully saturated rings. The lowest BCUT2D eigenvalue weighted by Gasteiger charge is -2.30. The first-order chi connectivity index (χ1) is 8.25. The molecule has 1 aliphatic heterocycles. The number of nitrogens with zero attached hydrogens (tertiary/aromatic N) is 1. The van der Waals surface area contributed by atoms with E-state index in [9.17, 15) is 4.79 Å². The van der Waals surface area contributed by atoms with Crippen LogP contribution in [0.5, 0.6) is 0 Å². The van der Waals surface area contributed by atoms with Crippen molar-refractivity contribution in [1.29, 1.82) is 0 Å². The van der Waals surface area contributed by atoms with Crippen LogP contribution in [0.2, 0.25) is 0 Å². The maximum atomic E-state index is 11.9. The Morgan fingerprint density at radius 1 is 1.53 bits per heavy atom. The van der Waals surface area contributed by atoms with Gasteiger partial charge in [-0.1, -0.05) is 6.92 Å². The van der Waals surface area contributed by atoms with Gasteiger partial charge in [0.15, 0.2) is 0 Å². The second-order valence-electron chi connectivity index (χ2n) is 4.78. The SMILES string of the molecule is CC1CCN(C(=O)NCCc2ccsc2)CC1. The molecule has 0 radical (unpaired) electrons. The summed E-state index contributed by atoms with van der Waals surface area (Å²) in [5, 5.41) is 7.20. The molecule has 0 unspecified atom stereocenters. The topological polar surface area (TPSA) is 32.3 Å². The van der Waals surface area contributed by atoms with Gasteiger partial charge in [-0.15, -0.1) is 0 Å². The third kappa shape index (κ3) is 3.73. The molecule has 0 saturated carbocycles. The minimum absolute atomic E-state index is 0.104. The summed E-state index contributed by atoms with van der Waals surface area (Å²) in [7, 11) is 0. The van der Waals surface area contributed by atoms with Gasteiger partial charge >= 0.3 is 6.03 Å². The highest BCUT2D eigenvalue weighted by molar-refractivity contribution is 7.07. The molecule has 2 amide bonds. The van der Waals surface area contributed by atoms with Gasteiger partial charge in [-0.2, -0.15) is 11.3 Å². The Balaban J connectivity index is 1.67. The number of amides is 2. The highest BCUT2D eigenvalue weighted by Gasteiger charge is 2.19. The van der Waals surface area contributed by atoms with E-state index in [-0.39, 0.29) is 6.03 Å². The highest BCUT2D eigenvalue weighted by Crippen LogP contribution is 2.15. The van der Waals surface area contributed by atoms with Gasteiger partial charge in [-0.25, -0.2) is 4.79 Å². The molecule has 1 saturated heterocycles. The number of carbonyl (C=O) groups is 1. The standard InChI is InChI=1S/C13H20N2OS/c1-11-3-7-15(8-4-11)13(16)14-6-2-12-5-9-17-10-12/h5,9-11H,2-4,6-8H2,1H3,(H,14,16). The van der Waals surface area contributed by atoms with Crippen molar-refractivity contribution >= 4 is 17.4 Å². The molecule has 2 heterocycles. The van der Waals surface area contributed by atoms with Crippen LogP contribution in [0.3, 0.4) is 0 Å². The van der Waals surface area contributed by atoms with Crippen molar-refractivity contribution in [3.8, 4) is 0 Å². The van der Waals surface area contributed by atoms with Crippen LogP contribution < -0.4 is 5.32 Å². The third-order valence-corrected chi connectivity index (χ3v) is 4.07. The summed E-state index contributed by atoms with van der Waals surface area (Å²) in [4.78, 5) is 13.8. The van der Waals surface area contributed by atoms with Crippen molar-refractivity contribution in [2.45, 2.75) is 26.2 Å². The van der Waals surface area contributed by atoms with Gasteiger partial charge in [-0.3, -0.25) is 0 Å². The van der Waals surface area contributed by atoms with E-state index < -0.39 is 0 Å². The lowest BCUT2D eigenvalue weighted by molar-refractivity contribution is 0.174.